The van der Waals surface area contributed by atoms with Gasteiger partial charge in [-0.2, -0.15) is 0 Å². The Labute approximate surface area is 318 Å². The highest BCUT2D eigenvalue weighted by Crippen LogP contribution is 2.44. The van der Waals surface area contributed by atoms with Gasteiger partial charge in [0.05, 0.1) is 18.8 Å². The van der Waals surface area contributed by atoms with Gasteiger partial charge in [0.2, 0.25) is 5.91 Å². The molecule has 5 atom stereocenters. The molecule has 10 heteroatoms. The van der Waals surface area contributed by atoms with E-state index in [2.05, 4.69) is 29.6 Å². The lowest BCUT2D eigenvalue weighted by Crippen LogP contribution is -2.55. The number of hydrogen-bond acceptors (Lipinski definition) is 8. The Balaban J connectivity index is 1.20. The average Bonchev–Trinajstić information content (AvgIpc) is 3.78. The molecule has 3 aliphatic rings. The molecule has 2 fully saturated rings. The van der Waals surface area contributed by atoms with Gasteiger partial charge in [-0.3, -0.25) is 14.5 Å². The molecule has 1 saturated carbocycles. The highest BCUT2D eigenvalue weighted by atomic mass is 16.6. The summed E-state index contributed by atoms with van der Waals surface area (Å²) in [6.45, 7) is 5.00. The molecule has 3 aromatic rings. The first-order valence-corrected chi connectivity index (χ1v) is 19.6. The predicted octanol–water partition coefficient (Wildman–Crippen LogP) is 7.71. The summed E-state index contributed by atoms with van der Waals surface area (Å²) in [5, 5.41) is 2.90. The topological polar surface area (TPSA) is 120 Å². The SMILES string of the molecule is CC(=O)O[C@@H](C)[C@H](C)[C@H](NC(=O)[C@@H]1C[C@@H](OC2CCCCCCCC2)CN1C(=O)OCC1c2ccccc2-c2ccccc21)C(=O)OCc1ccccc1. The Morgan fingerprint density at radius 1 is 0.759 bits per heavy atom. The molecule has 0 aromatic heterocycles. The standard InChI is InChI=1S/C44H54N2O8/c1-29(30(2)53-31(3)47)41(43(49)51-27-32-17-9-8-10-18-32)45-42(48)40-25-34(54-33-19-11-6-4-5-7-12-20-33)26-46(40)44(50)52-28-39-37-23-15-13-21-35(37)36-22-14-16-24-38(36)39/h8-10,13-18,21-24,29-30,33-34,39-41H,4-7,11-12,19-20,25-28H2,1-3H3,(H,45,48)/t29-,30-,34+,40-,41-/m0/s1. The molecule has 1 heterocycles. The van der Waals surface area contributed by atoms with E-state index < -0.39 is 48.0 Å². The zero-order chi connectivity index (χ0) is 38.0. The van der Waals surface area contributed by atoms with Gasteiger partial charge in [0.25, 0.3) is 0 Å². The van der Waals surface area contributed by atoms with Crippen LogP contribution < -0.4 is 5.32 Å². The summed E-state index contributed by atoms with van der Waals surface area (Å²) in [5.41, 5.74) is 5.23. The number of amides is 2. The maximum Gasteiger partial charge on any atom is 0.410 e. The molecule has 54 heavy (non-hydrogen) atoms. The number of nitrogens with zero attached hydrogens (tertiary/aromatic N) is 1. The molecule has 1 saturated heterocycles. The van der Waals surface area contributed by atoms with Crippen LogP contribution in [-0.2, 0) is 39.9 Å². The quantitative estimate of drug-likeness (QED) is 0.148. The summed E-state index contributed by atoms with van der Waals surface area (Å²) < 4.78 is 23.9. The van der Waals surface area contributed by atoms with Gasteiger partial charge in [0.1, 0.15) is 31.4 Å². The second-order valence-corrected chi connectivity index (χ2v) is 15.0. The van der Waals surface area contributed by atoms with Crippen molar-refractivity contribution in [2.75, 3.05) is 13.2 Å². The van der Waals surface area contributed by atoms with Crippen LogP contribution >= 0.6 is 0 Å². The van der Waals surface area contributed by atoms with Gasteiger partial charge < -0.3 is 24.3 Å². The minimum absolute atomic E-state index is 0.00726. The fourth-order valence-corrected chi connectivity index (χ4v) is 8.14. The third kappa shape index (κ3) is 9.69. The van der Waals surface area contributed by atoms with Crippen molar-refractivity contribution >= 4 is 23.9 Å². The van der Waals surface area contributed by atoms with Crippen molar-refractivity contribution in [1.29, 1.82) is 0 Å². The molecule has 0 radical (unpaired) electrons. The summed E-state index contributed by atoms with van der Waals surface area (Å²) >= 11 is 0. The number of esters is 2. The van der Waals surface area contributed by atoms with Crippen LogP contribution in [0.5, 0.6) is 0 Å². The average molecular weight is 739 g/mol. The van der Waals surface area contributed by atoms with E-state index in [9.17, 15) is 19.2 Å². The number of nitrogens with one attached hydrogen (secondary N) is 1. The molecule has 2 amide bonds. The number of carbonyl (C=O) groups is 4. The maximum atomic E-state index is 14.3. The lowest BCUT2D eigenvalue weighted by atomic mass is 9.95. The second kappa shape index (κ2) is 18.6. The maximum absolute atomic E-state index is 14.3. The van der Waals surface area contributed by atoms with Crippen LogP contribution in [0.25, 0.3) is 11.1 Å². The van der Waals surface area contributed by atoms with Gasteiger partial charge in [-0.15, -0.1) is 0 Å². The van der Waals surface area contributed by atoms with E-state index in [4.69, 9.17) is 18.9 Å². The molecule has 0 spiro atoms. The number of ether oxygens (including phenoxy) is 4. The van der Waals surface area contributed by atoms with Gasteiger partial charge in [-0.05, 0) is 47.6 Å². The summed E-state index contributed by atoms with van der Waals surface area (Å²) in [5.74, 6) is -2.47. The molecule has 1 N–H and O–H groups in total. The molecule has 288 valence electrons. The van der Waals surface area contributed by atoms with Crippen molar-refractivity contribution in [2.45, 2.75) is 121 Å². The lowest BCUT2D eigenvalue weighted by Gasteiger charge is -2.30. The number of hydrogen-bond donors (Lipinski definition) is 1. The summed E-state index contributed by atoms with van der Waals surface area (Å²) in [4.78, 5) is 55.4. The number of rotatable bonds is 12. The number of likely N-dealkylation sites (tertiary alicyclic amines) is 1. The second-order valence-electron chi connectivity index (χ2n) is 15.0. The van der Waals surface area contributed by atoms with E-state index >= 15 is 0 Å². The van der Waals surface area contributed by atoms with Crippen molar-refractivity contribution < 1.29 is 38.1 Å². The van der Waals surface area contributed by atoms with Gasteiger partial charge in [-0.25, -0.2) is 9.59 Å². The lowest BCUT2D eigenvalue weighted by molar-refractivity contribution is -0.157. The smallest absolute Gasteiger partial charge is 0.410 e. The van der Waals surface area contributed by atoms with Gasteiger partial charge in [-0.1, -0.05) is 124 Å². The van der Waals surface area contributed by atoms with Gasteiger partial charge >= 0.3 is 18.0 Å². The minimum atomic E-state index is -1.16. The zero-order valence-electron chi connectivity index (χ0n) is 31.7. The van der Waals surface area contributed by atoms with Crippen LogP contribution in [0, 0.1) is 5.92 Å². The Bertz CT molecular complexity index is 1690. The first-order valence-electron chi connectivity index (χ1n) is 19.6. The van der Waals surface area contributed by atoms with Crippen molar-refractivity contribution in [3.8, 4) is 11.1 Å². The fourth-order valence-electron chi connectivity index (χ4n) is 8.14. The number of fused-ring (bicyclic) bond motifs is 3. The van der Waals surface area contributed by atoms with E-state index in [1.165, 1.54) is 37.5 Å². The van der Waals surface area contributed by atoms with E-state index in [0.29, 0.717) is 0 Å². The molecule has 2 aliphatic carbocycles. The molecule has 3 aromatic carbocycles. The Morgan fingerprint density at radius 2 is 1.35 bits per heavy atom. The first kappa shape index (κ1) is 39.0. The summed E-state index contributed by atoms with van der Waals surface area (Å²) in [7, 11) is 0. The molecule has 10 nitrogen and oxygen atoms in total. The largest absolute Gasteiger partial charge is 0.462 e. The molecule has 0 unspecified atom stereocenters. The van der Waals surface area contributed by atoms with E-state index in [-0.39, 0.29) is 44.3 Å². The normalized spacial score (nSPS) is 20.6. The number of benzene rings is 3. The van der Waals surface area contributed by atoms with Crippen LogP contribution in [0.3, 0.4) is 0 Å². The van der Waals surface area contributed by atoms with Gasteiger partial charge in [0.15, 0.2) is 0 Å². The van der Waals surface area contributed by atoms with Crippen molar-refractivity contribution in [3.05, 3.63) is 95.6 Å². The van der Waals surface area contributed by atoms with Crippen LogP contribution in [0.1, 0.15) is 101 Å². The molecule has 6 rings (SSSR count). The fraction of sp³-hybridized carbons (Fsp3) is 0.500. The van der Waals surface area contributed by atoms with Gasteiger partial charge in [0, 0.05) is 25.2 Å². The van der Waals surface area contributed by atoms with E-state index in [1.807, 2.05) is 54.6 Å². The molecule has 0 bridgehead atoms. The highest BCUT2D eigenvalue weighted by Gasteiger charge is 2.44. The van der Waals surface area contributed by atoms with Crippen LogP contribution in [0.15, 0.2) is 78.9 Å². The molecule has 1 aliphatic heterocycles. The monoisotopic (exact) mass is 738 g/mol. The molecular weight excluding hydrogens is 684 g/mol. The van der Waals surface area contributed by atoms with Crippen molar-refractivity contribution in [1.82, 2.24) is 10.2 Å². The van der Waals surface area contributed by atoms with Crippen LogP contribution in [-0.4, -0.2) is 72.4 Å². The third-order valence-corrected chi connectivity index (χ3v) is 11.2. The van der Waals surface area contributed by atoms with Crippen molar-refractivity contribution in [3.63, 3.8) is 0 Å². The summed E-state index contributed by atoms with van der Waals surface area (Å²) in [6, 6.07) is 23.4. The Morgan fingerprint density at radius 3 is 1.98 bits per heavy atom. The Hall–Kier alpha value is -4.70. The first-order chi connectivity index (χ1) is 26.2. The zero-order valence-corrected chi connectivity index (χ0v) is 31.7. The number of carbonyl (C=O) groups excluding carboxylic acids is 4. The van der Waals surface area contributed by atoms with E-state index in [0.717, 1.165) is 53.5 Å². The van der Waals surface area contributed by atoms with Crippen LogP contribution in [0.2, 0.25) is 0 Å². The van der Waals surface area contributed by atoms with E-state index in [1.54, 1.807) is 13.8 Å². The molecular formula is C44H54N2O8. The minimum Gasteiger partial charge on any atom is -0.462 e. The van der Waals surface area contributed by atoms with Crippen LogP contribution in [0.4, 0.5) is 4.79 Å². The Kier molecular flexibility index (Phi) is 13.4. The van der Waals surface area contributed by atoms with Crippen molar-refractivity contribution in [2.24, 2.45) is 5.92 Å². The highest BCUT2D eigenvalue weighted by molar-refractivity contribution is 5.90. The third-order valence-electron chi connectivity index (χ3n) is 11.2. The predicted molar refractivity (Wildman–Crippen MR) is 204 cm³/mol. The summed E-state index contributed by atoms with van der Waals surface area (Å²) in [6.07, 6.45) is 7.48.